The van der Waals surface area contributed by atoms with Gasteiger partial charge in [-0.05, 0) is 25.6 Å². The molecule has 0 radical (unpaired) electrons. The summed E-state index contributed by atoms with van der Waals surface area (Å²) in [6.07, 6.45) is 0.355. The van der Waals surface area contributed by atoms with E-state index in [0.29, 0.717) is 6.42 Å². The highest BCUT2D eigenvalue weighted by Gasteiger charge is 2.19. The average Bonchev–Trinajstić information content (AvgIpc) is 2.44. The van der Waals surface area contributed by atoms with Crippen molar-refractivity contribution in [1.29, 1.82) is 0 Å². The van der Waals surface area contributed by atoms with Crippen LogP contribution in [0.4, 0.5) is 5.69 Å². The molecule has 0 bridgehead atoms. The standard InChI is InChI=1S/C13H18N2O5/c1-9-4-5-12(11(8-9)15(17)18)20-7-6-10(14-2)13(16)19-3/h4-5,8,10,14H,6-7H2,1-3H3. The number of aryl methyl sites for hydroxylation is 1. The maximum absolute atomic E-state index is 11.4. The maximum atomic E-state index is 11.4. The van der Waals surface area contributed by atoms with Gasteiger partial charge in [0.15, 0.2) is 5.75 Å². The SMILES string of the molecule is CNC(CCOc1ccc(C)cc1[N+](=O)[O-])C(=O)OC. The van der Waals surface area contributed by atoms with E-state index in [1.807, 2.05) is 0 Å². The fourth-order valence-corrected chi connectivity index (χ4v) is 1.70. The molecule has 1 atom stereocenters. The molecule has 0 aliphatic carbocycles. The van der Waals surface area contributed by atoms with Crippen molar-refractivity contribution in [3.63, 3.8) is 0 Å². The molecular weight excluding hydrogens is 264 g/mol. The van der Waals surface area contributed by atoms with Crippen molar-refractivity contribution in [2.75, 3.05) is 20.8 Å². The molecule has 0 spiro atoms. The Kier molecular flexibility index (Phi) is 5.92. The zero-order valence-electron chi connectivity index (χ0n) is 11.7. The van der Waals surface area contributed by atoms with Gasteiger partial charge in [-0.3, -0.25) is 14.9 Å². The van der Waals surface area contributed by atoms with Gasteiger partial charge in [0, 0.05) is 12.5 Å². The molecule has 0 heterocycles. The Labute approximate surface area is 117 Å². The van der Waals surface area contributed by atoms with Crippen LogP contribution < -0.4 is 10.1 Å². The molecule has 7 nitrogen and oxygen atoms in total. The summed E-state index contributed by atoms with van der Waals surface area (Å²) in [5, 5.41) is 13.7. The number of carbonyl (C=O) groups is 1. The maximum Gasteiger partial charge on any atom is 0.322 e. The molecular formula is C13H18N2O5. The molecule has 0 saturated carbocycles. The van der Waals surface area contributed by atoms with Crippen molar-refractivity contribution in [1.82, 2.24) is 5.32 Å². The Balaban J connectivity index is 2.66. The second-order valence-corrected chi connectivity index (χ2v) is 4.23. The molecule has 1 unspecified atom stereocenters. The molecule has 20 heavy (non-hydrogen) atoms. The van der Waals surface area contributed by atoms with Crippen LogP contribution >= 0.6 is 0 Å². The lowest BCUT2D eigenvalue weighted by Gasteiger charge is -2.14. The largest absolute Gasteiger partial charge is 0.487 e. The summed E-state index contributed by atoms with van der Waals surface area (Å²) >= 11 is 0. The number of benzene rings is 1. The number of rotatable bonds is 7. The average molecular weight is 282 g/mol. The third-order valence-corrected chi connectivity index (χ3v) is 2.81. The first-order valence-corrected chi connectivity index (χ1v) is 6.12. The number of nitrogens with zero attached hydrogens (tertiary/aromatic N) is 1. The lowest BCUT2D eigenvalue weighted by molar-refractivity contribution is -0.385. The summed E-state index contributed by atoms with van der Waals surface area (Å²) in [4.78, 5) is 21.8. The first kappa shape index (κ1) is 15.9. The molecule has 1 N–H and O–H groups in total. The molecule has 0 fully saturated rings. The summed E-state index contributed by atoms with van der Waals surface area (Å²) in [7, 11) is 2.94. The number of methoxy groups -OCH3 is 1. The predicted octanol–water partition coefficient (Wildman–Crippen LogP) is 1.43. The number of likely N-dealkylation sites (N-methyl/N-ethyl adjacent to an activating group) is 1. The van der Waals surface area contributed by atoms with Crippen LogP contribution in [0.25, 0.3) is 0 Å². The molecule has 1 rings (SSSR count). The molecule has 0 aromatic heterocycles. The highest BCUT2D eigenvalue weighted by atomic mass is 16.6. The fraction of sp³-hybridized carbons (Fsp3) is 0.462. The molecule has 1 aromatic carbocycles. The fourth-order valence-electron chi connectivity index (χ4n) is 1.70. The van der Waals surface area contributed by atoms with Crippen LogP contribution in [0.5, 0.6) is 5.75 Å². The third-order valence-electron chi connectivity index (χ3n) is 2.81. The Morgan fingerprint density at radius 3 is 2.75 bits per heavy atom. The van der Waals surface area contributed by atoms with Crippen LogP contribution in [0, 0.1) is 17.0 Å². The van der Waals surface area contributed by atoms with Crippen LogP contribution in [0.2, 0.25) is 0 Å². The molecule has 0 saturated heterocycles. The Bertz CT molecular complexity index is 490. The number of ether oxygens (including phenoxy) is 2. The lowest BCUT2D eigenvalue weighted by Crippen LogP contribution is -2.36. The number of esters is 1. The van der Waals surface area contributed by atoms with Gasteiger partial charge >= 0.3 is 11.7 Å². The number of nitro benzene ring substituents is 1. The van der Waals surface area contributed by atoms with Gasteiger partial charge in [-0.1, -0.05) is 6.07 Å². The van der Waals surface area contributed by atoms with E-state index in [9.17, 15) is 14.9 Å². The zero-order chi connectivity index (χ0) is 15.1. The van der Waals surface area contributed by atoms with Crippen molar-refractivity contribution < 1.29 is 19.2 Å². The quantitative estimate of drug-likeness (QED) is 0.462. The van der Waals surface area contributed by atoms with Gasteiger partial charge in [0.05, 0.1) is 18.6 Å². The molecule has 110 valence electrons. The number of hydrogen-bond acceptors (Lipinski definition) is 6. The van der Waals surface area contributed by atoms with Crippen LogP contribution in [-0.2, 0) is 9.53 Å². The van der Waals surface area contributed by atoms with Crippen molar-refractivity contribution in [2.24, 2.45) is 0 Å². The first-order valence-electron chi connectivity index (χ1n) is 6.12. The first-order chi connectivity index (χ1) is 9.49. The number of carbonyl (C=O) groups excluding carboxylic acids is 1. The van der Waals surface area contributed by atoms with Gasteiger partial charge < -0.3 is 14.8 Å². The Hall–Kier alpha value is -2.15. The smallest absolute Gasteiger partial charge is 0.322 e. The van der Waals surface area contributed by atoms with Crippen LogP contribution in [-0.4, -0.2) is 37.7 Å². The lowest BCUT2D eigenvalue weighted by atomic mass is 10.2. The molecule has 0 aliphatic heterocycles. The monoisotopic (exact) mass is 282 g/mol. The Morgan fingerprint density at radius 1 is 1.50 bits per heavy atom. The van der Waals surface area contributed by atoms with E-state index >= 15 is 0 Å². The number of nitrogens with one attached hydrogen (secondary N) is 1. The highest BCUT2D eigenvalue weighted by Crippen LogP contribution is 2.27. The van der Waals surface area contributed by atoms with E-state index < -0.39 is 16.9 Å². The van der Waals surface area contributed by atoms with Crippen molar-refractivity contribution in [3.8, 4) is 5.75 Å². The summed E-state index contributed by atoms with van der Waals surface area (Å²) in [6, 6.07) is 4.24. The van der Waals surface area contributed by atoms with Crippen LogP contribution in [0.1, 0.15) is 12.0 Å². The van der Waals surface area contributed by atoms with Crippen molar-refractivity contribution in [2.45, 2.75) is 19.4 Å². The highest BCUT2D eigenvalue weighted by molar-refractivity contribution is 5.75. The predicted molar refractivity (Wildman–Crippen MR) is 72.8 cm³/mol. The van der Waals surface area contributed by atoms with Gasteiger partial charge in [-0.15, -0.1) is 0 Å². The Morgan fingerprint density at radius 2 is 2.20 bits per heavy atom. The number of nitro groups is 1. The van der Waals surface area contributed by atoms with E-state index in [0.717, 1.165) is 5.56 Å². The zero-order valence-corrected chi connectivity index (χ0v) is 11.7. The summed E-state index contributed by atoms with van der Waals surface area (Å²) in [5.74, 6) is -0.199. The molecule has 0 aliphatic rings. The normalized spacial score (nSPS) is 11.8. The second kappa shape index (κ2) is 7.44. The minimum Gasteiger partial charge on any atom is -0.487 e. The van der Waals surface area contributed by atoms with Gasteiger partial charge in [0.1, 0.15) is 6.04 Å². The summed E-state index contributed by atoms with van der Waals surface area (Å²) in [5.41, 5.74) is 0.704. The van der Waals surface area contributed by atoms with Crippen LogP contribution in [0.15, 0.2) is 18.2 Å². The van der Waals surface area contributed by atoms with Crippen molar-refractivity contribution in [3.05, 3.63) is 33.9 Å². The van der Waals surface area contributed by atoms with Crippen LogP contribution in [0.3, 0.4) is 0 Å². The topological polar surface area (TPSA) is 90.7 Å². The van der Waals surface area contributed by atoms with Crippen molar-refractivity contribution >= 4 is 11.7 Å². The van der Waals surface area contributed by atoms with Gasteiger partial charge in [-0.25, -0.2) is 0 Å². The number of hydrogen-bond donors (Lipinski definition) is 1. The van der Waals surface area contributed by atoms with E-state index in [4.69, 9.17) is 4.74 Å². The summed E-state index contributed by atoms with van der Waals surface area (Å²) in [6.45, 7) is 1.94. The van der Waals surface area contributed by atoms with E-state index in [1.165, 1.54) is 13.2 Å². The summed E-state index contributed by atoms with van der Waals surface area (Å²) < 4.78 is 10.0. The van der Waals surface area contributed by atoms with E-state index in [-0.39, 0.29) is 18.0 Å². The van der Waals surface area contributed by atoms with Gasteiger partial charge in [-0.2, -0.15) is 0 Å². The second-order valence-electron chi connectivity index (χ2n) is 4.23. The minimum absolute atomic E-state index is 0.0796. The van der Waals surface area contributed by atoms with Gasteiger partial charge in [0.2, 0.25) is 0 Å². The molecule has 7 heteroatoms. The third kappa shape index (κ3) is 4.20. The molecule has 0 amide bonds. The van der Waals surface area contributed by atoms with E-state index in [1.54, 1.807) is 26.1 Å². The molecule has 1 aromatic rings. The minimum atomic E-state index is -0.496. The van der Waals surface area contributed by atoms with Gasteiger partial charge in [0.25, 0.3) is 0 Å². The van der Waals surface area contributed by atoms with E-state index in [2.05, 4.69) is 10.1 Å².